The molecule has 0 fully saturated rings. The number of anilines is 1. The number of amides is 2. The molecule has 1 aromatic carbocycles. The quantitative estimate of drug-likeness (QED) is 0.750. The van der Waals surface area contributed by atoms with Crippen molar-refractivity contribution in [3.05, 3.63) is 29.8 Å². The van der Waals surface area contributed by atoms with Crippen LogP contribution in [0.15, 0.2) is 24.3 Å². The summed E-state index contributed by atoms with van der Waals surface area (Å²) in [5.41, 5.74) is 7.47. The first-order valence-corrected chi connectivity index (χ1v) is 6.98. The number of para-hydroxylation sites is 1. The van der Waals surface area contributed by atoms with Crippen LogP contribution in [-0.4, -0.2) is 24.4 Å². The summed E-state index contributed by atoms with van der Waals surface area (Å²) in [5, 5.41) is 5.70. The lowest BCUT2D eigenvalue weighted by Gasteiger charge is -2.24. The van der Waals surface area contributed by atoms with E-state index >= 15 is 0 Å². The zero-order chi connectivity index (χ0) is 14.5. The topological polar surface area (TPSA) is 84.2 Å². The molecular weight excluding hydrogens is 254 g/mol. The highest BCUT2D eigenvalue weighted by Gasteiger charge is 2.26. The van der Waals surface area contributed by atoms with Gasteiger partial charge in [-0.25, -0.2) is 0 Å². The van der Waals surface area contributed by atoms with Gasteiger partial charge in [-0.3, -0.25) is 9.59 Å². The molecule has 0 saturated carbocycles. The molecule has 0 saturated heterocycles. The number of nitrogens with two attached hydrogens (primary N) is 1. The summed E-state index contributed by atoms with van der Waals surface area (Å²) >= 11 is 0. The Kier molecular flexibility index (Phi) is 4.74. The molecule has 1 aliphatic heterocycles. The van der Waals surface area contributed by atoms with Gasteiger partial charge in [-0.15, -0.1) is 0 Å². The highest BCUT2D eigenvalue weighted by molar-refractivity contribution is 5.96. The second-order valence-corrected chi connectivity index (χ2v) is 5.29. The molecular formula is C15H21N3O2. The Hall–Kier alpha value is -1.88. The number of hydrogen-bond acceptors (Lipinski definition) is 3. The summed E-state index contributed by atoms with van der Waals surface area (Å²) in [5.74, 6) is -0.179. The number of benzene rings is 1. The fourth-order valence-corrected chi connectivity index (χ4v) is 2.36. The molecule has 2 rings (SSSR count). The summed E-state index contributed by atoms with van der Waals surface area (Å²) in [7, 11) is 0. The zero-order valence-electron chi connectivity index (χ0n) is 11.7. The number of hydrogen-bond donors (Lipinski definition) is 3. The Morgan fingerprint density at radius 3 is 3.00 bits per heavy atom. The highest BCUT2D eigenvalue weighted by Crippen LogP contribution is 2.27. The van der Waals surface area contributed by atoms with E-state index in [1.807, 2.05) is 31.2 Å². The van der Waals surface area contributed by atoms with Gasteiger partial charge in [0.15, 0.2) is 0 Å². The number of fused-ring (bicyclic) bond motifs is 1. The second-order valence-electron chi connectivity index (χ2n) is 5.29. The van der Waals surface area contributed by atoms with Crippen molar-refractivity contribution < 1.29 is 9.59 Å². The zero-order valence-corrected chi connectivity index (χ0v) is 11.7. The first kappa shape index (κ1) is 14.5. The van der Waals surface area contributed by atoms with Crippen LogP contribution in [0.5, 0.6) is 0 Å². The van der Waals surface area contributed by atoms with E-state index in [-0.39, 0.29) is 23.8 Å². The van der Waals surface area contributed by atoms with Crippen LogP contribution in [0.2, 0.25) is 0 Å². The molecule has 1 unspecified atom stereocenters. The van der Waals surface area contributed by atoms with Crippen molar-refractivity contribution >= 4 is 17.5 Å². The summed E-state index contributed by atoms with van der Waals surface area (Å²) in [4.78, 5) is 23.7. The van der Waals surface area contributed by atoms with Gasteiger partial charge < -0.3 is 16.4 Å². The number of nitrogens with one attached hydrogen (secondary N) is 2. The average molecular weight is 275 g/mol. The van der Waals surface area contributed by atoms with Crippen LogP contribution in [0.3, 0.4) is 0 Å². The van der Waals surface area contributed by atoms with Crippen LogP contribution in [-0.2, 0) is 16.0 Å². The summed E-state index contributed by atoms with van der Waals surface area (Å²) in [6.45, 7) is 2.28. The Labute approximate surface area is 118 Å². The molecule has 1 aliphatic rings. The monoisotopic (exact) mass is 275 g/mol. The standard InChI is InChI=1S/C15H21N3O2/c1-10(9-16)17-14(19)7-6-12-8-11-4-2-3-5-13(11)18-15(12)20/h2-5,10,12H,6-9,16H2,1H3,(H,17,19)(H,18,20)/t10-,12?/m0/s1. The summed E-state index contributed by atoms with van der Waals surface area (Å²) in [6.07, 6.45) is 1.61. The lowest BCUT2D eigenvalue weighted by atomic mass is 9.89. The fourth-order valence-electron chi connectivity index (χ4n) is 2.36. The summed E-state index contributed by atoms with van der Waals surface area (Å²) < 4.78 is 0. The lowest BCUT2D eigenvalue weighted by Crippen LogP contribution is -2.38. The van der Waals surface area contributed by atoms with E-state index in [9.17, 15) is 9.59 Å². The van der Waals surface area contributed by atoms with E-state index in [2.05, 4.69) is 10.6 Å². The SMILES string of the molecule is C[C@@H](CN)NC(=O)CCC1Cc2ccccc2NC1=O. The van der Waals surface area contributed by atoms with Gasteiger partial charge in [-0.05, 0) is 31.4 Å². The molecule has 0 aromatic heterocycles. The first-order chi connectivity index (χ1) is 9.60. The Morgan fingerprint density at radius 2 is 2.25 bits per heavy atom. The van der Waals surface area contributed by atoms with Crippen molar-refractivity contribution in [1.82, 2.24) is 5.32 Å². The maximum atomic E-state index is 12.0. The average Bonchev–Trinajstić information content (AvgIpc) is 2.44. The molecule has 1 heterocycles. The number of carbonyl (C=O) groups is 2. The van der Waals surface area contributed by atoms with Gasteiger partial charge in [0, 0.05) is 30.6 Å². The molecule has 4 N–H and O–H groups in total. The van der Waals surface area contributed by atoms with E-state index in [0.717, 1.165) is 11.3 Å². The minimum Gasteiger partial charge on any atom is -0.352 e. The Balaban J connectivity index is 1.88. The van der Waals surface area contributed by atoms with Gasteiger partial charge in [-0.1, -0.05) is 18.2 Å². The van der Waals surface area contributed by atoms with Gasteiger partial charge >= 0.3 is 0 Å². The normalized spacial score (nSPS) is 18.9. The highest BCUT2D eigenvalue weighted by atomic mass is 16.2. The molecule has 2 amide bonds. The third-order valence-corrected chi connectivity index (χ3v) is 3.59. The smallest absolute Gasteiger partial charge is 0.227 e. The number of rotatable bonds is 5. The van der Waals surface area contributed by atoms with Crippen LogP contribution in [0.1, 0.15) is 25.3 Å². The Morgan fingerprint density at radius 1 is 1.50 bits per heavy atom. The maximum absolute atomic E-state index is 12.0. The van der Waals surface area contributed by atoms with Crippen LogP contribution in [0.25, 0.3) is 0 Å². The van der Waals surface area contributed by atoms with E-state index in [4.69, 9.17) is 5.73 Å². The molecule has 2 atom stereocenters. The molecule has 5 nitrogen and oxygen atoms in total. The maximum Gasteiger partial charge on any atom is 0.227 e. The molecule has 0 radical (unpaired) electrons. The first-order valence-electron chi connectivity index (χ1n) is 6.98. The largest absolute Gasteiger partial charge is 0.352 e. The molecule has 0 aliphatic carbocycles. The fraction of sp³-hybridized carbons (Fsp3) is 0.467. The third kappa shape index (κ3) is 3.57. The molecule has 20 heavy (non-hydrogen) atoms. The molecule has 5 heteroatoms. The van der Waals surface area contributed by atoms with Crippen LogP contribution >= 0.6 is 0 Å². The van der Waals surface area contributed by atoms with Crippen molar-refractivity contribution in [2.24, 2.45) is 11.7 Å². The van der Waals surface area contributed by atoms with E-state index in [1.165, 1.54) is 0 Å². The van der Waals surface area contributed by atoms with Gasteiger partial charge in [0.2, 0.25) is 11.8 Å². The minimum atomic E-state index is -0.135. The Bertz CT molecular complexity index is 502. The van der Waals surface area contributed by atoms with E-state index < -0.39 is 0 Å². The lowest BCUT2D eigenvalue weighted by molar-refractivity contribution is -0.123. The van der Waals surface area contributed by atoms with E-state index in [0.29, 0.717) is 25.8 Å². The van der Waals surface area contributed by atoms with Crippen molar-refractivity contribution in [3.63, 3.8) is 0 Å². The molecule has 1 aromatic rings. The van der Waals surface area contributed by atoms with Crippen LogP contribution in [0.4, 0.5) is 5.69 Å². The van der Waals surface area contributed by atoms with Crippen molar-refractivity contribution in [1.29, 1.82) is 0 Å². The van der Waals surface area contributed by atoms with Gasteiger partial charge in [0.1, 0.15) is 0 Å². The van der Waals surface area contributed by atoms with Crippen molar-refractivity contribution in [2.45, 2.75) is 32.2 Å². The van der Waals surface area contributed by atoms with E-state index in [1.54, 1.807) is 0 Å². The minimum absolute atomic E-state index is 0.00312. The second kappa shape index (κ2) is 6.52. The van der Waals surface area contributed by atoms with Gasteiger partial charge in [0.25, 0.3) is 0 Å². The van der Waals surface area contributed by atoms with Crippen molar-refractivity contribution in [2.75, 3.05) is 11.9 Å². The summed E-state index contributed by atoms with van der Waals surface area (Å²) in [6, 6.07) is 7.75. The molecule has 0 spiro atoms. The van der Waals surface area contributed by atoms with Crippen LogP contribution in [0, 0.1) is 5.92 Å². The predicted molar refractivity (Wildman–Crippen MR) is 78.2 cm³/mol. The molecule has 0 bridgehead atoms. The predicted octanol–water partition coefficient (Wildman–Crippen LogP) is 1.04. The van der Waals surface area contributed by atoms with Crippen molar-refractivity contribution in [3.8, 4) is 0 Å². The number of carbonyl (C=O) groups excluding carboxylic acids is 2. The van der Waals surface area contributed by atoms with Gasteiger partial charge in [-0.2, -0.15) is 0 Å². The third-order valence-electron chi connectivity index (χ3n) is 3.59. The molecule has 108 valence electrons. The van der Waals surface area contributed by atoms with Gasteiger partial charge in [0.05, 0.1) is 0 Å². The van der Waals surface area contributed by atoms with Crippen LogP contribution < -0.4 is 16.4 Å².